The van der Waals surface area contributed by atoms with Gasteiger partial charge in [0.05, 0.1) is 29.8 Å². The largest absolute Gasteiger partial charge is 0.399 e. The minimum Gasteiger partial charge on any atom is -0.399 e. The van der Waals surface area contributed by atoms with Crippen LogP contribution in [0.1, 0.15) is 38.3 Å². The van der Waals surface area contributed by atoms with E-state index in [1.807, 2.05) is 48.9 Å². The Bertz CT molecular complexity index is 1340. The zero-order valence-electron chi connectivity index (χ0n) is 21.5. The summed E-state index contributed by atoms with van der Waals surface area (Å²) in [4.78, 5) is 19.2. The van der Waals surface area contributed by atoms with Crippen molar-refractivity contribution >= 4 is 22.5 Å². The van der Waals surface area contributed by atoms with E-state index in [-0.39, 0.29) is 12.2 Å². The molecule has 0 saturated carbocycles. The van der Waals surface area contributed by atoms with Crippen LogP contribution in [0.5, 0.6) is 0 Å². The Morgan fingerprint density at radius 2 is 1.73 bits per heavy atom. The van der Waals surface area contributed by atoms with E-state index in [4.69, 9.17) is 25.5 Å². The predicted molar refractivity (Wildman–Crippen MR) is 145 cm³/mol. The third-order valence-electron chi connectivity index (χ3n) is 7.35. The molecule has 2 atom stereocenters. The van der Waals surface area contributed by atoms with E-state index in [9.17, 15) is 0 Å². The van der Waals surface area contributed by atoms with Crippen LogP contribution in [0.3, 0.4) is 0 Å². The first kappa shape index (κ1) is 23.8. The van der Waals surface area contributed by atoms with Gasteiger partial charge in [-0.3, -0.25) is 9.88 Å². The fraction of sp³-hybridized carbons (Fsp3) is 0.429. The van der Waals surface area contributed by atoms with Gasteiger partial charge in [-0.2, -0.15) is 5.10 Å². The number of likely N-dealkylation sites (tertiary alicyclic amines) is 1. The number of morpholine rings is 1. The van der Waals surface area contributed by atoms with Gasteiger partial charge in [0, 0.05) is 56.4 Å². The predicted octanol–water partition coefficient (Wildman–Crippen LogP) is 3.92. The van der Waals surface area contributed by atoms with Crippen LogP contribution in [0.15, 0.2) is 55.0 Å². The number of nitrogen functional groups attached to an aromatic ring is 1. The van der Waals surface area contributed by atoms with Gasteiger partial charge >= 0.3 is 0 Å². The molecule has 2 unspecified atom stereocenters. The average molecular weight is 499 g/mol. The van der Waals surface area contributed by atoms with Gasteiger partial charge < -0.3 is 15.4 Å². The summed E-state index contributed by atoms with van der Waals surface area (Å²) in [6, 6.07) is 12.2. The number of fused-ring (bicyclic) bond motifs is 1. The van der Waals surface area contributed by atoms with Crippen molar-refractivity contribution in [2.75, 3.05) is 36.8 Å². The molecule has 0 bridgehead atoms. The molecule has 5 heterocycles. The lowest BCUT2D eigenvalue weighted by Gasteiger charge is -2.36. The molecule has 1 aromatic carbocycles. The van der Waals surface area contributed by atoms with Crippen molar-refractivity contribution < 1.29 is 4.74 Å². The summed E-state index contributed by atoms with van der Waals surface area (Å²) in [7, 11) is 0. The molecule has 9 heteroatoms. The number of aromatic nitrogens is 5. The van der Waals surface area contributed by atoms with E-state index in [1.54, 1.807) is 0 Å². The Hall–Kier alpha value is -3.56. The Labute approximate surface area is 217 Å². The molecule has 192 valence electrons. The fourth-order valence-electron chi connectivity index (χ4n) is 5.60. The van der Waals surface area contributed by atoms with Gasteiger partial charge in [0.25, 0.3) is 0 Å². The first-order chi connectivity index (χ1) is 18.0. The number of hydrogen-bond acceptors (Lipinski definition) is 8. The number of ether oxygens (including phenoxy) is 1. The van der Waals surface area contributed by atoms with E-state index >= 15 is 0 Å². The van der Waals surface area contributed by atoms with Crippen LogP contribution in [-0.2, 0) is 11.3 Å². The van der Waals surface area contributed by atoms with Crippen molar-refractivity contribution in [1.82, 2.24) is 29.6 Å². The van der Waals surface area contributed by atoms with Gasteiger partial charge in [0.15, 0.2) is 11.5 Å². The lowest BCUT2D eigenvalue weighted by Crippen LogP contribution is -2.46. The summed E-state index contributed by atoms with van der Waals surface area (Å²) in [6.45, 7) is 8.77. The number of benzene rings is 1. The first-order valence-electron chi connectivity index (χ1n) is 13.2. The van der Waals surface area contributed by atoms with Gasteiger partial charge in [0.1, 0.15) is 5.82 Å². The van der Waals surface area contributed by atoms with Gasteiger partial charge in [-0.1, -0.05) is 6.07 Å². The maximum absolute atomic E-state index is 6.00. The molecule has 2 fully saturated rings. The number of pyridine rings is 1. The van der Waals surface area contributed by atoms with E-state index in [1.165, 1.54) is 5.56 Å². The number of nitrogens with zero attached hydrogens (tertiary/aromatic N) is 7. The molecule has 2 aliphatic rings. The Morgan fingerprint density at radius 3 is 2.43 bits per heavy atom. The average Bonchev–Trinajstić information content (AvgIpc) is 3.33. The molecule has 4 aromatic rings. The van der Waals surface area contributed by atoms with Crippen LogP contribution in [0, 0.1) is 0 Å². The summed E-state index contributed by atoms with van der Waals surface area (Å²) >= 11 is 0. The molecule has 2 saturated heterocycles. The second kappa shape index (κ2) is 10.1. The van der Waals surface area contributed by atoms with Gasteiger partial charge in [-0.15, -0.1) is 0 Å². The highest BCUT2D eigenvalue weighted by Gasteiger charge is 2.29. The topological polar surface area (TPSA) is 98.2 Å². The molecule has 0 amide bonds. The van der Waals surface area contributed by atoms with Gasteiger partial charge in [0.2, 0.25) is 0 Å². The minimum absolute atomic E-state index is 0.132. The first-order valence-corrected chi connectivity index (χ1v) is 13.2. The molecule has 9 nitrogen and oxygen atoms in total. The number of piperidine rings is 1. The van der Waals surface area contributed by atoms with Gasteiger partial charge in [-0.25, -0.2) is 14.6 Å². The molecule has 2 aliphatic heterocycles. The summed E-state index contributed by atoms with van der Waals surface area (Å²) in [5, 5.41) is 5.88. The monoisotopic (exact) mass is 498 g/mol. The molecule has 0 spiro atoms. The Morgan fingerprint density at radius 1 is 0.973 bits per heavy atom. The van der Waals surface area contributed by atoms with E-state index < -0.39 is 0 Å². The smallest absolute Gasteiger partial charge is 0.164 e. The molecule has 0 radical (unpaired) electrons. The summed E-state index contributed by atoms with van der Waals surface area (Å²) in [5.74, 6) is 1.63. The molecule has 3 aromatic heterocycles. The Kier molecular flexibility index (Phi) is 6.48. The second-order valence-electron chi connectivity index (χ2n) is 10.4. The fourth-order valence-corrected chi connectivity index (χ4v) is 5.60. The maximum Gasteiger partial charge on any atom is 0.164 e. The molecule has 0 aliphatic carbocycles. The number of nitrogens with two attached hydrogens (primary N) is 1. The molecular formula is C28H34N8O. The standard InChI is InChI=1S/C28H34N8O/c1-19-16-35(17-20(2)37-19)27-25-15-31-36(28(25)33-26(32-27)22-5-7-23(29)8-6-22)24-9-12-34(13-10-24)18-21-4-3-11-30-14-21/h3-8,11,14-15,19-20,24H,9-10,12-13,16-18,29H2,1-2H3. The molecule has 2 N–H and O–H groups in total. The van der Waals surface area contributed by atoms with Crippen LogP contribution >= 0.6 is 0 Å². The van der Waals surface area contributed by atoms with Crippen LogP contribution in [0.4, 0.5) is 11.5 Å². The quantitative estimate of drug-likeness (QED) is 0.414. The van der Waals surface area contributed by atoms with Crippen molar-refractivity contribution in [2.45, 2.75) is 51.5 Å². The number of anilines is 2. The third kappa shape index (κ3) is 5.01. The lowest BCUT2D eigenvalue weighted by atomic mass is 10.0. The van der Waals surface area contributed by atoms with Gasteiger partial charge in [-0.05, 0) is 62.6 Å². The molecular weight excluding hydrogens is 464 g/mol. The van der Waals surface area contributed by atoms with Crippen molar-refractivity contribution in [3.8, 4) is 11.4 Å². The molecule has 37 heavy (non-hydrogen) atoms. The third-order valence-corrected chi connectivity index (χ3v) is 7.35. The second-order valence-corrected chi connectivity index (χ2v) is 10.4. The normalized spacial score (nSPS) is 21.5. The van der Waals surface area contributed by atoms with Crippen LogP contribution < -0.4 is 10.6 Å². The maximum atomic E-state index is 6.00. The summed E-state index contributed by atoms with van der Waals surface area (Å²) in [6.07, 6.45) is 8.05. The number of rotatable bonds is 5. The van der Waals surface area contributed by atoms with Crippen molar-refractivity contribution in [1.29, 1.82) is 0 Å². The zero-order chi connectivity index (χ0) is 25.4. The van der Waals surface area contributed by atoms with Crippen LogP contribution in [0.2, 0.25) is 0 Å². The number of hydrogen-bond donors (Lipinski definition) is 1. The zero-order valence-corrected chi connectivity index (χ0v) is 21.5. The van der Waals surface area contributed by atoms with Crippen molar-refractivity contribution in [3.05, 3.63) is 60.6 Å². The van der Waals surface area contributed by atoms with E-state index in [0.717, 1.165) is 73.7 Å². The van der Waals surface area contributed by atoms with E-state index in [0.29, 0.717) is 11.9 Å². The van der Waals surface area contributed by atoms with Crippen LogP contribution in [0.25, 0.3) is 22.4 Å². The van der Waals surface area contributed by atoms with E-state index in [2.05, 4.69) is 39.4 Å². The summed E-state index contributed by atoms with van der Waals surface area (Å²) < 4.78 is 8.14. The Balaban J connectivity index is 1.32. The lowest BCUT2D eigenvalue weighted by molar-refractivity contribution is -0.00536. The van der Waals surface area contributed by atoms with Crippen molar-refractivity contribution in [2.24, 2.45) is 0 Å². The van der Waals surface area contributed by atoms with Crippen molar-refractivity contribution in [3.63, 3.8) is 0 Å². The highest BCUT2D eigenvalue weighted by molar-refractivity contribution is 5.89. The SMILES string of the molecule is CC1CN(c2nc(-c3ccc(N)cc3)nc3c2cnn3C2CCN(Cc3cccnc3)CC2)CC(C)O1. The minimum atomic E-state index is 0.132. The highest BCUT2D eigenvalue weighted by Crippen LogP contribution is 2.33. The summed E-state index contributed by atoms with van der Waals surface area (Å²) in [5.41, 5.74) is 9.78. The molecule has 6 rings (SSSR count). The van der Waals surface area contributed by atoms with Crippen LogP contribution in [-0.4, -0.2) is 68.0 Å². The highest BCUT2D eigenvalue weighted by atomic mass is 16.5.